The van der Waals surface area contributed by atoms with Crippen molar-refractivity contribution in [1.29, 1.82) is 0 Å². The van der Waals surface area contributed by atoms with Gasteiger partial charge >= 0.3 is 0 Å². The summed E-state index contributed by atoms with van der Waals surface area (Å²) in [6.45, 7) is 0.385. The lowest BCUT2D eigenvalue weighted by atomic mass is 9.99. The zero-order valence-corrected chi connectivity index (χ0v) is 13.7. The predicted molar refractivity (Wildman–Crippen MR) is 90.1 cm³/mol. The summed E-state index contributed by atoms with van der Waals surface area (Å²) in [5, 5.41) is 6.66. The molecule has 1 N–H and O–H groups in total. The zero-order valence-electron chi connectivity index (χ0n) is 13.7. The number of nitrogens with zero attached hydrogens (tertiary/aromatic N) is 4. The van der Waals surface area contributed by atoms with Gasteiger partial charge in [0.15, 0.2) is 11.6 Å². The summed E-state index contributed by atoms with van der Waals surface area (Å²) in [4.78, 5) is 21.5. The van der Waals surface area contributed by atoms with E-state index in [1.54, 1.807) is 30.6 Å². The van der Waals surface area contributed by atoms with Crippen LogP contribution in [0, 0.1) is 17.7 Å². The molecule has 1 aliphatic heterocycles. The third-order valence-corrected chi connectivity index (χ3v) is 4.50. The fourth-order valence-corrected chi connectivity index (χ4v) is 3.16. The van der Waals surface area contributed by atoms with Crippen LogP contribution >= 0.6 is 0 Å². The van der Waals surface area contributed by atoms with E-state index in [1.807, 2.05) is 0 Å². The van der Waals surface area contributed by atoms with Crippen molar-refractivity contribution in [2.45, 2.75) is 12.8 Å². The molecule has 4 rings (SSSR count). The number of anilines is 1. The molecule has 6 nitrogen and oxygen atoms in total. The summed E-state index contributed by atoms with van der Waals surface area (Å²) in [7, 11) is 0. The van der Waals surface area contributed by atoms with Crippen molar-refractivity contribution in [1.82, 2.24) is 20.2 Å². The highest BCUT2D eigenvalue weighted by Crippen LogP contribution is 2.32. The van der Waals surface area contributed by atoms with Crippen LogP contribution in [0.2, 0.25) is 0 Å². The summed E-state index contributed by atoms with van der Waals surface area (Å²) in [5.74, 6) is -1.62. The highest BCUT2D eigenvalue weighted by atomic mass is 19.1. The fourth-order valence-electron chi connectivity index (χ4n) is 3.16. The number of aromatic amines is 1. The van der Waals surface area contributed by atoms with E-state index in [0.29, 0.717) is 24.9 Å². The lowest BCUT2D eigenvalue weighted by molar-refractivity contribution is -0.120. The minimum Gasteiger partial charge on any atom is -0.293 e. The van der Waals surface area contributed by atoms with Gasteiger partial charge in [-0.3, -0.25) is 19.8 Å². The highest BCUT2D eigenvalue weighted by Gasteiger charge is 2.36. The number of carbonyl (C=O) groups excluding carboxylic acids is 1. The number of nitrogens with one attached hydrogen (secondary N) is 1. The summed E-state index contributed by atoms with van der Waals surface area (Å²) >= 11 is 0. The molecule has 4 heterocycles. The van der Waals surface area contributed by atoms with Crippen LogP contribution in [0.3, 0.4) is 0 Å². The molecule has 0 unspecified atom stereocenters. The van der Waals surface area contributed by atoms with Gasteiger partial charge in [0.25, 0.3) is 0 Å². The molecule has 0 radical (unpaired) electrons. The van der Waals surface area contributed by atoms with E-state index in [-0.39, 0.29) is 23.3 Å². The first-order valence-electron chi connectivity index (χ1n) is 8.19. The number of rotatable bonds is 4. The van der Waals surface area contributed by atoms with Crippen molar-refractivity contribution in [3.8, 4) is 11.3 Å². The third kappa shape index (κ3) is 2.94. The van der Waals surface area contributed by atoms with Crippen LogP contribution in [-0.2, 0) is 11.2 Å². The Labute approximate surface area is 147 Å². The Morgan fingerprint density at radius 1 is 1.19 bits per heavy atom. The standard InChI is InChI=1S/C18H15F2N5O/c19-14-2-1-11(10-22-14)9-13-5-8-25(18(13)26)17-15(20)16(23-24-17)12-3-6-21-7-4-12/h1-4,6-7,10,13H,5,8-9H2,(H,23,24)/t13-/m1/s1. The fraction of sp³-hybridized carbons (Fsp3) is 0.222. The third-order valence-electron chi connectivity index (χ3n) is 4.50. The van der Waals surface area contributed by atoms with Crippen molar-refractivity contribution < 1.29 is 13.6 Å². The zero-order chi connectivity index (χ0) is 18.1. The summed E-state index contributed by atoms with van der Waals surface area (Å²) in [6.07, 6.45) is 5.55. The van der Waals surface area contributed by atoms with Crippen molar-refractivity contribution in [2.24, 2.45) is 5.92 Å². The number of amides is 1. The first kappa shape index (κ1) is 16.3. The Balaban J connectivity index is 1.53. The van der Waals surface area contributed by atoms with Crippen molar-refractivity contribution >= 4 is 11.7 Å². The van der Waals surface area contributed by atoms with E-state index in [2.05, 4.69) is 20.2 Å². The van der Waals surface area contributed by atoms with Crippen LogP contribution in [0.15, 0.2) is 42.9 Å². The Morgan fingerprint density at radius 3 is 2.73 bits per heavy atom. The number of hydrogen-bond acceptors (Lipinski definition) is 4. The van der Waals surface area contributed by atoms with Crippen LogP contribution in [0.4, 0.5) is 14.6 Å². The number of halogens is 2. The summed E-state index contributed by atoms with van der Waals surface area (Å²) in [6, 6.07) is 6.20. The van der Waals surface area contributed by atoms with Crippen LogP contribution in [0.1, 0.15) is 12.0 Å². The second-order valence-electron chi connectivity index (χ2n) is 6.14. The molecular formula is C18H15F2N5O. The molecule has 3 aromatic heterocycles. The van der Waals surface area contributed by atoms with Gasteiger partial charge in [0, 0.05) is 36.6 Å². The average Bonchev–Trinajstić information content (AvgIpc) is 3.21. The SMILES string of the molecule is O=C1[C@@H](Cc2ccc(F)nc2)CCN1c1n[nH]c(-c2ccncc2)c1F. The van der Waals surface area contributed by atoms with Gasteiger partial charge in [-0.2, -0.15) is 9.49 Å². The van der Waals surface area contributed by atoms with E-state index in [9.17, 15) is 13.6 Å². The molecule has 1 fully saturated rings. The van der Waals surface area contributed by atoms with E-state index < -0.39 is 11.8 Å². The lowest BCUT2D eigenvalue weighted by Crippen LogP contribution is -2.28. The normalized spacial score (nSPS) is 17.1. The Bertz CT molecular complexity index is 927. The van der Waals surface area contributed by atoms with E-state index in [0.717, 1.165) is 5.56 Å². The van der Waals surface area contributed by atoms with Gasteiger partial charge in [-0.05, 0) is 36.6 Å². The Morgan fingerprint density at radius 2 is 2.00 bits per heavy atom. The Hall–Kier alpha value is -3.16. The van der Waals surface area contributed by atoms with Crippen LogP contribution in [0.25, 0.3) is 11.3 Å². The van der Waals surface area contributed by atoms with Gasteiger partial charge < -0.3 is 0 Å². The van der Waals surface area contributed by atoms with E-state index in [4.69, 9.17) is 0 Å². The predicted octanol–water partition coefficient (Wildman–Crippen LogP) is 2.74. The molecule has 1 amide bonds. The minimum atomic E-state index is -0.561. The molecule has 26 heavy (non-hydrogen) atoms. The maximum atomic E-state index is 14.8. The maximum absolute atomic E-state index is 14.8. The van der Waals surface area contributed by atoms with Gasteiger partial charge in [0.1, 0.15) is 5.69 Å². The lowest BCUT2D eigenvalue weighted by Gasteiger charge is -2.14. The van der Waals surface area contributed by atoms with Crippen molar-refractivity contribution in [2.75, 3.05) is 11.4 Å². The van der Waals surface area contributed by atoms with Gasteiger partial charge in [-0.1, -0.05) is 6.07 Å². The van der Waals surface area contributed by atoms with Crippen molar-refractivity contribution in [3.05, 3.63) is 60.2 Å². The molecule has 3 aromatic rings. The molecule has 0 aliphatic carbocycles. The quantitative estimate of drug-likeness (QED) is 0.730. The van der Waals surface area contributed by atoms with Gasteiger partial charge in [0.2, 0.25) is 11.9 Å². The van der Waals surface area contributed by atoms with Gasteiger partial charge in [-0.25, -0.2) is 9.37 Å². The molecular weight excluding hydrogens is 340 g/mol. The molecule has 0 saturated carbocycles. The minimum absolute atomic E-state index is 0.00143. The molecule has 132 valence electrons. The molecule has 0 aromatic carbocycles. The topological polar surface area (TPSA) is 74.8 Å². The average molecular weight is 355 g/mol. The second-order valence-corrected chi connectivity index (χ2v) is 6.14. The summed E-state index contributed by atoms with van der Waals surface area (Å²) in [5.41, 5.74) is 1.60. The first-order chi connectivity index (χ1) is 12.6. The van der Waals surface area contributed by atoms with Gasteiger partial charge in [-0.15, -0.1) is 0 Å². The molecule has 1 aliphatic rings. The van der Waals surface area contributed by atoms with E-state index in [1.165, 1.54) is 17.2 Å². The largest absolute Gasteiger partial charge is 0.293 e. The second kappa shape index (κ2) is 6.62. The maximum Gasteiger partial charge on any atom is 0.231 e. The highest BCUT2D eigenvalue weighted by molar-refractivity contribution is 5.97. The molecule has 8 heteroatoms. The molecule has 0 spiro atoms. The monoisotopic (exact) mass is 355 g/mol. The van der Waals surface area contributed by atoms with Crippen LogP contribution in [0.5, 0.6) is 0 Å². The number of aromatic nitrogens is 4. The van der Waals surface area contributed by atoms with Crippen LogP contribution in [-0.4, -0.2) is 32.6 Å². The van der Waals surface area contributed by atoms with E-state index >= 15 is 0 Å². The molecule has 1 atom stereocenters. The number of carbonyl (C=O) groups is 1. The molecule has 0 bridgehead atoms. The summed E-state index contributed by atoms with van der Waals surface area (Å²) < 4.78 is 27.7. The van der Waals surface area contributed by atoms with Gasteiger partial charge in [0.05, 0.1) is 0 Å². The van der Waals surface area contributed by atoms with Crippen LogP contribution < -0.4 is 4.90 Å². The van der Waals surface area contributed by atoms with Crippen molar-refractivity contribution in [3.63, 3.8) is 0 Å². The Kier molecular flexibility index (Phi) is 4.16. The number of pyridine rings is 2. The number of hydrogen-bond donors (Lipinski definition) is 1. The molecule has 1 saturated heterocycles. The smallest absolute Gasteiger partial charge is 0.231 e. The first-order valence-corrected chi connectivity index (χ1v) is 8.19. The number of H-pyrrole nitrogens is 1.